The van der Waals surface area contributed by atoms with Gasteiger partial charge in [-0.15, -0.1) is 0 Å². The summed E-state index contributed by atoms with van der Waals surface area (Å²) >= 11 is 0. The predicted molar refractivity (Wildman–Crippen MR) is 53.0 cm³/mol. The van der Waals surface area contributed by atoms with Crippen molar-refractivity contribution in [2.24, 2.45) is 0 Å². The zero-order chi connectivity index (χ0) is 10.0. The molecular formula is C10H16N2O. The van der Waals surface area contributed by atoms with E-state index >= 15 is 0 Å². The van der Waals surface area contributed by atoms with Crippen molar-refractivity contribution in [2.75, 3.05) is 0 Å². The lowest BCUT2D eigenvalue weighted by molar-refractivity contribution is 0.722. The molecule has 0 spiro atoms. The first-order chi connectivity index (χ1) is 6.00. The molecule has 72 valence electrons. The normalized spacial score (nSPS) is 11.2. The average Bonchev–Trinajstić information content (AvgIpc) is 2.03. The second-order valence-corrected chi connectivity index (χ2v) is 3.87. The molecule has 3 heteroatoms. The largest absolute Gasteiger partial charge is 0.346 e. The Morgan fingerprint density at radius 1 is 1.23 bits per heavy atom. The summed E-state index contributed by atoms with van der Waals surface area (Å²) < 4.78 is 0. The topological polar surface area (TPSA) is 45.8 Å². The minimum Gasteiger partial charge on any atom is -0.346 e. The quantitative estimate of drug-likeness (QED) is 0.756. The number of rotatable bonds is 2. The lowest BCUT2D eigenvalue weighted by Crippen LogP contribution is -2.14. The van der Waals surface area contributed by atoms with E-state index in [1.54, 1.807) is 6.07 Å². The van der Waals surface area contributed by atoms with Gasteiger partial charge in [0.2, 0.25) is 0 Å². The molecule has 1 aromatic rings. The third-order valence-electron chi connectivity index (χ3n) is 1.95. The van der Waals surface area contributed by atoms with Crippen LogP contribution >= 0.6 is 0 Å². The summed E-state index contributed by atoms with van der Waals surface area (Å²) in [6, 6.07) is 1.57. The van der Waals surface area contributed by atoms with E-state index < -0.39 is 0 Å². The molecule has 0 radical (unpaired) electrons. The van der Waals surface area contributed by atoms with Crippen molar-refractivity contribution in [2.45, 2.75) is 39.5 Å². The van der Waals surface area contributed by atoms with E-state index in [-0.39, 0.29) is 11.5 Å². The van der Waals surface area contributed by atoms with Crippen LogP contribution in [0.15, 0.2) is 10.9 Å². The second-order valence-electron chi connectivity index (χ2n) is 3.87. The van der Waals surface area contributed by atoms with E-state index in [1.807, 2.05) is 13.8 Å². The van der Waals surface area contributed by atoms with E-state index in [0.29, 0.717) is 5.92 Å². The van der Waals surface area contributed by atoms with Crippen molar-refractivity contribution >= 4 is 0 Å². The van der Waals surface area contributed by atoms with Gasteiger partial charge < -0.3 is 4.98 Å². The first-order valence-corrected chi connectivity index (χ1v) is 4.62. The molecule has 0 unspecified atom stereocenters. The first-order valence-electron chi connectivity index (χ1n) is 4.62. The Morgan fingerprint density at radius 2 is 1.85 bits per heavy atom. The highest BCUT2D eigenvalue weighted by atomic mass is 16.1. The fourth-order valence-electron chi connectivity index (χ4n) is 1.08. The number of hydrogen-bond donors (Lipinski definition) is 1. The Kier molecular flexibility index (Phi) is 2.86. The van der Waals surface area contributed by atoms with E-state index in [0.717, 1.165) is 11.5 Å². The van der Waals surface area contributed by atoms with Crippen LogP contribution in [0.5, 0.6) is 0 Å². The number of hydrogen-bond acceptors (Lipinski definition) is 2. The molecular weight excluding hydrogens is 164 g/mol. The van der Waals surface area contributed by atoms with Crippen LogP contribution in [0.4, 0.5) is 0 Å². The van der Waals surface area contributed by atoms with Gasteiger partial charge in [-0.3, -0.25) is 4.79 Å². The standard InChI is InChI=1S/C10H16N2O/c1-6(2)8-5-9(13)12-10(11-8)7(3)4/h5-7H,1-4H3,(H,11,12,13). The zero-order valence-corrected chi connectivity index (χ0v) is 8.59. The smallest absolute Gasteiger partial charge is 0.273 e. The van der Waals surface area contributed by atoms with Crippen molar-refractivity contribution in [1.29, 1.82) is 0 Å². The Morgan fingerprint density at radius 3 is 2.31 bits per heavy atom. The van der Waals surface area contributed by atoms with Crippen molar-refractivity contribution in [3.05, 3.63) is 27.9 Å². The van der Waals surface area contributed by atoms with Gasteiger partial charge in [0.1, 0.15) is 5.82 Å². The highest BCUT2D eigenvalue weighted by Crippen LogP contribution is 2.12. The minimum absolute atomic E-state index is 0.147. The van der Waals surface area contributed by atoms with Crippen LogP contribution in [0.3, 0.4) is 0 Å². The fraction of sp³-hybridized carbons (Fsp3) is 0.600. The number of H-pyrrole nitrogens is 1. The maximum Gasteiger partial charge on any atom is 0.273 e. The molecule has 0 aliphatic rings. The van der Waals surface area contributed by atoms with Gasteiger partial charge in [0, 0.05) is 17.7 Å². The highest BCUT2D eigenvalue weighted by Gasteiger charge is 2.06. The molecule has 0 saturated heterocycles. The van der Waals surface area contributed by atoms with Gasteiger partial charge in [0.15, 0.2) is 0 Å². The third-order valence-corrected chi connectivity index (χ3v) is 1.95. The molecule has 1 aromatic heterocycles. The molecule has 1 rings (SSSR count). The second kappa shape index (κ2) is 3.73. The fourth-order valence-corrected chi connectivity index (χ4v) is 1.08. The molecule has 0 fully saturated rings. The Hall–Kier alpha value is -1.12. The van der Waals surface area contributed by atoms with Crippen LogP contribution in [0.25, 0.3) is 0 Å². The monoisotopic (exact) mass is 180 g/mol. The summed E-state index contributed by atoms with van der Waals surface area (Å²) in [5, 5.41) is 0. The highest BCUT2D eigenvalue weighted by molar-refractivity contribution is 5.08. The Labute approximate surface area is 78.2 Å². The van der Waals surface area contributed by atoms with Gasteiger partial charge in [-0.05, 0) is 5.92 Å². The van der Waals surface area contributed by atoms with E-state index in [4.69, 9.17) is 0 Å². The minimum atomic E-state index is -0.147. The Balaban J connectivity index is 3.19. The molecule has 0 saturated carbocycles. The van der Waals surface area contributed by atoms with Crippen LogP contribution in [0.2, 0.25) is 0 Å². The molecule has 3 nitrogen and oxygen atoms in total. The molecule has 13 heavy (non-hydrogen) atoms. The summed E-state index contributed by atoms with van der Waals surface area (Å²) in [5.41, 5.74) is 0.815. The van der Waals surface area contributed by atoms with Crippen LogP contribution in [0.1, 0.15) is 51.0 Å². The maximum atomic E-state index is 11.2. The third kappa shape index (κ3) is 2.41. The van der Waals surface area contributed by atoms with E-state index in [2.05, 4.69) is 23.8 Å². The molecule has 0 aliphatic carbocycles. The lowest BCUT2D eigenvalue weighted by Gasteiger charge is -2.09. The number of nitrogens with one attached hydrogen (secondary N) is 1. The van der Waals surface area contributed by atoms with Gasteiger partial charge in [0.05, 0.1) is 0 Å². The number of aromatic nitrogens is 2. The van der Waals surface area contributed by atoms with Crippen LogP contribution < -0.4 is 5.56 Å². The summed E-state index contributed by atoms with van der Waals surface area (Å²) in [4.78, 5) is 18.3. The zero-order valence-electron chi connectivity index (χ0n) is 8.59. The predicted octanol–water partition coefficient (Wildman–Crippen LogP) is 2.02. The molecule has 1 N–H and O–H groups in total. The SMILES string of the molecule is CC(C)c1cc(=O)nc(C(C)C)[nH]1. The molecule has 0 aliphatic heterocycles. The van der Waals surface area contributed by atoms with Gasteiger partial charge in [-0.2, -0.15) is 4.98 Å². The maximum absolute atomic E-state index is 11.2. The average molecular weight is 180 g/mol. The number of aromatic amines is 1. The summed E-state index contributed by atoms with van der Waals surface area (Å²) in [6.07, 6.45) is 0. The summed E-state index contributed by atoms with van der Waals surface area (Å²) in [5.74, 6) is 1.38. The lowest BCUT2D eigenvalue weighted by atomic mass is 10.1. The van der Waals surface area contributed by atoms with Crippen molar-refractivity contribution in [3.8, 4) is 0 Å². The van der Waals surface area contributed by atoms with E-state index in [1.165, 1.54) is 0 Å². The summed E-state index contributed by atoms with van der Waals surface area (Å²) in [7, 11) is 0. The molecule has 0 aromatic carbocycles. The van der Waals surface area contributed by atoms with Gasteiger partial charge >= 0.3 is 0 Å². The van der Waals surface area contributed by atoms with Crippen molar-refractivity contribution in [3.63, 3.8) is 0 Å². The Bertz CT molecular complexity index is 310. The molecule has 1 heterocycles. The van der Waals surface area contributed by atoms with Crippen molar-refractivity contribution < 1.29 is 0 Å². The van der Waals surface area contributed by atoms with Gasteiger partial charge in [-0.25, -0.2) is 0 Å². The first kappa shape index (κ1) is 9.96. The van der Waals surface area contributed by atoms with Crippen LogP contribution in [-0.4, -0.2) is 9.97 Å². The van der Waals surface area contributed by atoms with Gasteiger partial charge in [-0.1, -0.05) is 27.7 Å². The number of nitrogens with zero attached hydrogens (tertiary/aromatic N) is 1. The summed E-state index contributed by atoms with van der Waals surface area (Å²) in [6.45, 7) is 8.13. The van der Waals surface area contributed by atoms with Crippen molar-refractivity contribution in [1.82, 2.24) is 9.97 Å². The molecule has 0 amide bonds. The van der Waals surface area contributed by atoms with E-state index in [9.17, 15) is 4.79 Å². The molecule has 0 bridgehead atoms. The van der Waals surface area contributed by atoms with Crippen LogP contribution in [0, 0.1) is 0 Å². The molecule has 0 atom stereocenters. The van der Waals surface area contributed by atoms with Gasteiger partial charge in [0.25, 0.3) is 5.56 Å². The van der Waals surface area contributed by atoms with Crippen LogP contribution in [-0.2, 0) is 0 Å².